The van der Waals surface area contributed by atoms with E-state index in [2.05, 4.69) is 15.0 Å². The first-order chi connectivity index (χ1) is 11.5. The van der Waals surface area contributed by atoms with Crippen LogP contribution in [0.3, 0.4) is 0 Å². The van der Waals surface area contributed by atoms with Gasteiger partial charge >= 0.3 is 142 Å². The first-order valence-electron chi connectivity index (χ1n) is 7.04. The monoisotopic (exact) mass is 394 g/mol. The predicted octanol–water partition coefficient (Wildman–Crippen LogP) is 2.07. The average Bonchev–Trinajstić information content (AvgIpc) is 2.58. The number of pyridine rings is 1. The van der Waals surface area contributed by atoms with E-state index in [1.165, 1.54) is 12.1 Å². The summed E-state index contributed by atoms with van der Waals surface area (Å²) in [4.78, 5) is 12.5. The van der Waals surface area contributed by atoms with Gasteiger partial charge in [-0.3, -0.25) is 0 Å². The molecule has 0 aliphatic heterocycles. The fourth-order valence-electron chi connectivity index (χ4n) is 2.28. The second-order valence-corrected chi connectivity index (χ2v) is 7.18. The second kappa shape index (κ2) is 6.87. The normalized spacial score (nSPS) is 12.3. The van der Waals surface area contributed by atoms with Gasteiger partial charge in [0.2, 0.25) is 0 Å². The van der Waals surface area contributed by atoms with Crippen molar-refractivity contribution < 1.29 is 18.3 Å². The molecule has 1 aromatic carbocycles. The van der Waals surface area contributed by atoms with Crippen molar-refractivity contribution in [1.82, 2.24) is 15.0 Å². The Morgan fingerprint density at radius 1 is 1.04 bits per heavy atom. The van der Waals surface area contributed by atoms with Crippen molar-refractivity contribution in [2.24, 2.45) is 0 Å². The summed E-state index contributed by atoms with van der Waals surface area (Å²) in [5.74, 6) is 0.232. The third-order valence-corrected chi connectivity index (χ3v) is 5.75. The standard InChI is InChI=1S/C16H12AsF3N3O/c18-16(19,20)12-6-2-1-4-10(12)8-17-14-11-5-3-7-21-15(11)23-13(9-24)22-14/h1-7,24H,8-9H2. The first kappa shape index (κ1) is 16.9. The fourth-order valence-corrected chi connectivity index (χ4v) is 4.64. The van der Waals surface area contributed by atoms with Crippen molar-refractivity contribution in [3.05, 3.63) is 59.5 Å². The number of aliphatic hydroxyl groups is 1. The maximum absolute atomic E-state index is 13.1. The van der Waals surface area contributed by atoms with Crippen molar-refractivity contribution in [3.8, 4) is 0 Å². The van der Waals surface area contributed by atoms with Gasteiger partial charge in [0.05, 0.1) is 0 Å². The number of halogens is 3. The summed E-state index contributed by atoms with van der Waals surface area (Å²) in [6.07, 6.45) is -2.79. The zero-order valence-electron chi connectivity index (χ0n) is 12.3. The molecule has 0 bridgehead atoms. The summed E-state index contributed by atoms with van der Waals surface area (Å²) in [6, 6.07) is 9.10. The van der Waals surface area contributed by atoms with Gasteiger partial charge in [0.25, 0.3) is 0 Å². The summed E-state index contributed by atoms with van der Waals surface area (Å²) in [7, 11) is 0. The van der Waals surface area contributed by atoms with Gasteiger partial charge in [-0.15, -0.1) is 0 Å². The Balaban J connectivity index is 1.95. The van der Waals surface area contributed by atoms with Crippen LogP contribution < -0.4 is 4.48 Å². The molecule has 0 spiro atoms. The molecule has 0 saturated heterocycles. The number of aliphatic hydroxyl groups excluding tert-OH is 1. The summed E-state index contributed by atoms with van der Waals surface area (Å²) in [5, 5.41) is 10.3. The minimum absolute atomic E-state index is 0.232. The van der Waals surface area contributed by atoms with Gasteiger partial charge < -0.3 is 0 Å². The van der Waals surface area contributed by atoms with Crippen LogP contribution in [-0.4, -0.2) is 35.8 Å². The number of hydrogen-bond donors (Lipinski definition) is 1. The van der Waals surface area contributed by atoms with Gasteiger partial charge in [-0.2, -0.15) is 0 Å². The quantitative estimate of drug-likeness (QED) is 0.689. The summed E-state index contributed by atoms with van der Waals surface area (Å²) in [5.41, 5.74) is 0.0938. The summed E-state index contributed by atoms with van der Waals surface area (Å²) >= 11 is -0.676. The molecule has 1 radical (unpaired) electrons. The zero-order valence-corrected chi connectivity index (χ0v) is 14.2. The molecule has 2 aromatic heterocycles. The van der Waals surface area contributed by atoms with E-state index in [0.29, 0.717) is 10.1 Å². The Hall–Kier alpha value is -1.98. The third kappa shape index (κ3) is 3.57. The molecule has 2 heterocycles. The topological polar surface area (TPSA) is 58.9 Å². The van der Waals surface area contributed by atoms with E-state index in [0.717, 1.165) is 11.5 Å². The fraction of sp³-hybridized carbons (Fsp3) is 0.188. The van der Waals surface area contributed by atoms with Crippen LogP contribution in [0, 0.1) is 0 Å². The van der Waals surface area contributed by atoms with Crippen LogP contribution in [0.4, 0.5) is 13.2 Å². The molecule has 24 heavy (non-hydrogen) atoms. The molecule has 3 rings (SSSR count). The van der Waals surface area contributed by atoms with E-state index >= 15 is 0 Å². The van der Waals surface area contributed by atoms with Gasteiger partial charge in [-0.25, -0.2) is 0 Å². The molecule has 4 nitrogen and oxygen atoms in total. The van der Waals surface area contributed by atoms with Crippen LogP contribution in [0.25, 0.3) is 11.0 Å². The van der Waals surface area contributed by atoms with Gasteiger partial charge in [-0.05, 0) is 0 Å². The molecule has 123 valence electrons. The van der Waals surface area contributed by atoms with E-state index in [4.69, 9.17) is 0 Å². The number of aromatic nitrogens is 3. The molecule has 0 atom stereocenters. The Kier molecular flexibility index (Phi) is 4.83. The van der Waals surface area contributed by atoms with Gasteiger partial charge in [0.1, 0.15) is 0 Å². The molecular formula is C16H12AsF3N3O. The van der Waals surface area contributed by atoms with Crippen molar-refractivity contribution in [2.45, 2.75) is 18.0 Å². The van der Waals surface area contributed by atoms with E-state index in [-0.39, 0.29) is 23.2 Å². The van der Waals surface area contributed by atoms with E-state index < -0.39 is 27.5 Å². The predicted molar refractivity (Wildman–Crippen MR) is 83.8 cm³/mol. The van der Waals surface area contributed by atoms with Crippen LogP contribution in [0.5, 0.6) is 0 Å². The molecule has 0 aliphatic carbocycles. The molecule has 0 aliphatic rings. The van der Waals surface area contributed by atoms with E-state index in [9.17, 15) is 18.3 Å². The van der Waals surface area contributed by atoms with E-state index in [1.807, 2.05) is 0 Å². The van der Waals surface area contributed by atoms with Crippen LogP contribution in [-0.2, 0) is 18.0 Å². The molecule has 0 amide bonds. The molecule has 1 N–H and O–H groups in total. The third-order valence-electron chi connectivity index (χ3n) is 3.36. The van der Waals surface area contributed by atoms with Crippen molar-refractivity contribution in [2.75, 3.05) is 0 Å². The minimum atomic E-state index is -4.37. The number of fused-ring (bicyclic) bond motifs is 1. The molecule has 3 aromatic rings. The number of benzene rings is 1. The Morgan fingerprint density at radius 2 is 1.83 bits per heavy atom. The van der Waals surface area contributed by atoms with Crippen LogP contribution in [0.15, 0.2) is 42.6 Å². The first-order valence-corrected chi connectivity index (χ1v) is 9.30. The van der Waals surface area contributed by atoms with Gasteiger partial charge in [-0.1, -0.05) is 0 Å². The van der Waals surface area contributed by atoms with Crippen molar-refractivity contribution >= 4 is 31.3 Å². The van der Waals surface area contributed by atoms with E-state index in [1.54, 1.807) is 24.4 Å². The Bertz CT molecular complexity index is 871. The maximum atomic E-state index is 13.1. The molecule has 0 unspecified atom stereocenters. The van der Waals surface area contributed by atoms with Crippen LogP contribution in [0.2, 0.25) is 0 Å². The number of rotatable bonds is 4. The number of hydrogen-bond acceptors (Lipinski definition) is 4. The molecule has 0 saturated carbocycles. The van der Waals surface area contributed by atoms with Crippen LogP contribution in [0.1, 0.15) is 17.0 Å². The average molecular weight is 394 g/mol. The molecular weight excluding hydrogens is 382 g/mol. The summed E-state index contributed by atoms with van der Waals surface area (Å²) in [6.45, 7) is -0.334. The summed E-state index contributed by atoms with van der Waals surface area (Å²) < 4.78 is 39.9. The second-order valence-electron chi connectivity index (χ2n) is 4.97. The van der Waals surface area contributed by atoms with Gasteiger partial charge in [0, 0.05) is 0 Å². The number of nitrogens with zero attached hydrogens (tertiary/aromatic N) is 3. The van der Waals surface area contributed by atoms with Gasteiger partial charge in [0.15, 0.2) is 0 Å². The Labute approximate surface area is 142 Å². The molecule has 8 heteroatoms. The Morgan fingerprint density at radius 3 is 2.58 bits per heavy atom. The van der Waals surface area contributed by atoms with Crippen LogP contribution >= 0.6 is 0 Å². The van der Waals surface area contributed by atoms with Crippen molar-refractivity contribution in [1.29, 1.82) is 0 Å². The molecule has 0 fully saturated rings. The number of alkyl halides is 3. The zero-order chi connectivity index (χ0) is 17.2. The SMILES string of the molecule is OCc1nc([As]Cc2ccccc2C(F)(F)F)c2cccnc2n1. The van der Waals surface area contributed by atoms with Crippen molar-refractivity contribution in [3.63, 3.8) is 0 Å².